The Morgan fingerprint density at radius 3 is 2.81 bits per heavy atom. The molecule has 0 bridgehead atoms. The van der Waals surface area contributed by atoms with Crippen molar-refractivity contribution >= 4 is 17.5 Å². The molecule has 2 amide bonds. The normalized spacial score (nSPS) is 15.0. The highest BCUT2D eigenvalue weighted by atomic mass is 19.1. The number of halogens is 1. The first kappa shape index (κ1) is 20.1. The number of aryl methyl sites for hydroxylation is 2. The van der Waals surface area contributed by atoms with E-state index in [0.717, 1.165) is 23.1 Å². The number of nitrogens with one attached hydrogen (secondary N) is 1. The Labute approximate surface area is 184 Å². The van der Waals surface area contributed by atoms with Crippen LogP contribution in [0.25, 0.3) is 11.1 Å². The molecule has 0 fully saturated rings. The monoisotopic (exact) mass is 432 g/mol. The fraction of sp³-hybridized carbons (Fsp3) is 0.250. The zero-order chi connectivity index (χ0) is 22.4. The fourth-order valence-corrected chi connectivity index (χ4v) is 4.22. The molecule has 32 heavy (non-hydrogen) atoms. The summed E-state index contributed by atoms with van der Waals surface area (Å²) < 4.78 is 20.5. The molecule has 0 unspecified atom stereocenters. The quantitative estimate of drug-likeness (QED) is 0.688. The number of nitrogens with zero attached hydrogens (tertiary/aromatic N) is 3. The second-order valence-corrected chi connectivity index (χ2v) is 8.04. The Morgan fingerprint density at radius 2 is 2.00 bits per heavy atom. The number of fused-ring (bicyclic) bond motifs is 2. The van der Waals surface area contributed by atoms with Crippen molar-refractivity contribution in [3.05, 3.63) is 70.3 Å². The maximum absolute atomic E-state index is 15.1. The molecule has 0 saturated heterocycles. The van der Waals surface area contributed by atoms with Crippen LogP contribution < -0.4 is 15.0 Å². The molecule has 0 aliphatic carbocycles. The van der Waals surface area contributed by atoms with Crippen molar-refractivity contribution in [2.45, 2.75) is 26.8 Å². The zero-order valence-electron chi connectivity index (χ0n) is 17.7. The largest absolute Gasteiger partial charge is 0.478 e. The van der Waals surface area contributed by atoms with Crippen LogP contribution in [0.3, 0.4) is 0 Å². The van der Waals surface area contributed by atoms with Crippen LogP contribution in [-0.2, 0) is 17.8 Å². The van der Waals surface area contributed by atoms with Gasteiger partial charge in [-0.25, -0.2) is 4.39 Å². The van der Waals surface area contributed by atoms with E-state index in [2.05, 4.69) is 15.5 Å². The van der Waals surface area contributed by atoms with Crippen molar-refractivity contribution in [1.82, 2.24) is 15.5 Å². The first-order valence-electron chi connectivity index (χ1n) is 10.4. The summed E-state index contributed by atoms with van der Waals surface area (Å²) in [5.41, 5.74) is 5.63. The van der Waals surface area contributed by atoms with E-state index in [1.54, 1.807) is 18.3 Å². The van der Waals surface area contributed by atoms with E-state index in [9.17, 15) is 9.59 Å². The van der Waals surface area contributed by atoms with E-state index in [-0.39, 0.29) is 30.7 Å². The molecule has 0 radical (unpaired) electrons. The standard InChI is InChI=1S/C24H21FN4O3/c1-13-10-27-28-14(2)19(13)11-29-21-9-17(8-20(25)23(21)32-12-22(29)30)16-4-3-15-5-6-26-24(31)18(15)7-16/h3-4,7-10H,5-6,11-12H2,1-2H3,(H,26,31). The second kappa shape index (κ2) is 7.71. The molecule has 2 aliphatic heterocycles. The molecule has 7 nitrogen and oxygen atoms in total. The third-order valence-corrected chi connectivity index (χ3v) is 6.01. The van der Waals surface area contributed by atoms with Crippen LogP contribution in [0.2, 0.25) is 0 Å². The van der Waals surface area contributed by atoms with Gasteiger partial charge in [0.05, 0.1) is 24.1 Å². The number of hydrogen-bond donors (Lipinski definition) is 1. The van der Waals surface area contributed by atoms with Gasteiger partial charge in [0.15, 0.2) is 18.2 Å². The average Bonchev–Trinajstić information content (AvgIpc) is 2.77. The van der Waals surface area contributed by atoms with Crippen LogP contribution in [0.1, 0.15) is 32.7 Å². The summed E-state index contributed by atoms with van der Waals surface area (Å²) >= 11 is 0. The van der Waals surface area contributed by atoms with Crippen LogP contribution in [0.4, 0.5) is 10.1 Å². The first-order valence-corrected chi connectivity index (χ1v) is 10.4. The van der Waals surface area contributed by atoms with E-state index in [0.29, 0.717) is 34.6 Å². The minimum atomic E-state index is -0.557. The number of benzene rings is 2. The molecule has 1 aromatic heterocycles. The van der Waals surface area contributed by atoms with Crippen molar-refractivity contribution < 1.29 is 18.7 Å². The smallest absolute Gasteiger partial charge is 0.265 e. The highest BCUT2D eigenvalue weighted by molar-refractivity contribution is 6.00. The van der Waals surface area contributed by atoms with E-state index < -0.39 is 5.82 Å². The van der Waals surface area contributed by atoms with Crippen LogP contribution in [0.5, 0.6) is 5.75 Å². The van der Waals surface area contributed by atoms with Gasteiger partial charge in [0.2, 0.25) is 0 Å². The van der Waals surface area contributed by atoms with Crippen LogP contribution in [0.15, 0.2) is 36.5 Å². The van der Waals surface area contributed by atoms with Crippen molar-refractivity contribution in [2.24, 2.45) is 0 Å². The summed E-state index contributed by atoms with van der Waals surface area (Å²) in [5, 5.41) is 10.9. The van der Waals surface area contributed by atoms with Gasteiger partial charge in [-0.1, -0.05) is 12.1 Å². The molecule has 0 atom stereocenters. The van der Waals surface area contributed by atoms with E-state index in [1.807, 2.05) is 26.0 Å². The molecule has 5 rings (SSSR count). The highest BCUT2D eigenvalue weighted by Gasteiger charge is 2.30. The topological polar surface area (TPSA) is 84.4 Å². The Kier molecular flexibility index (Phi) is 4.84. The molecule has 8 heteroatoms. The number of rotatable bonds is 3. The molecule has 162 valence electrons. The predicted molar refractivity (Wildman–Crippen MR) is 116 cm³/mol. The van der Waals surface area contributed by atoms with Crippen LogP contribution in [0, 0.1) is 19.7 Å². The fourth-order valence-electron chi connectivity index (χ4n) is 4.22. The second-order valence-electron chi connectivity index (χ2n) is 8.04. The summed E-state index contributed by atoms with van der Waals surface area (Å²) in [4.78, 5) is 26.6. The highest BCUT2D eigenvalue weighted by Crippen LogP contribution is 2.40. The van der Waals surface area contributed by atoms with Gasteiger partial charge >= 0.3 is 0 Å². The number of ether oxygens (including phenoxy) is 1. The van der Waals surface area contributed by atoms with E-state index in [4.69, 9.17) is 4.74 Å². The number of hydrogen-bond acceptors (Lipinski definition) is 5. The number of carbonyl (C=O) groups excluding carboxylic acids is 2. The molecule has 1 N–H and O–H groups in total. The van der Waals surface area contributed by atoms with E-state index >= 15 is 4.39 Å². The van der Waals surface area contributed by atoms with Crippen molar-refractivity contribution in [3.8, 4) is 16.9 Å². The molecule has 3 heterocycles. The number of amides is 2. The van der Waals surface area contributed by atoms with Gasteiger partial charge < -0.3 is 15.0 Å². The van der Waals surface area contributed by atoms with Crippen molar-refractivity contribution in [2.75, 3.05) is 18.1 Å². The molecular weight excluding hydrogens is 411 g/mol. The van der Waals surface area contributed by atoms with Gasteiger partial charge in [0, 0.05) is 12.1 Å². The summed E-state index contributed by atoms with van der Waals surface area (Å²) in [6.07, 6.45) is 2.40. The Morgan fingerprint density at radius 1 is 1.16 bits per heavy atom. The molecule has 0 saturated carbocycles. The molecule has 2 aromatic carbocycles. The molecule has 0 spiro atoms. The summed E-state index contributed by atoms with van der Waals surface area (Å²) in [5.74, 6) is -0.919. The molecule has 3 aromatic rings. The zero-order valence-corrected chi connectivity index (χ0v) is 17.7. The lowest BCUT2D eigenvalue weighted by Gasteiger charge is -2.31. The SMILES string of the molecule is Cc1cnnc(C)c1CN1C(=O)COc2c(F)cc(-c3ccc4c(c3)C(=O)NCC4)cc21. The van der Waals surface area contributed by atoms with E-state index in [1.165, 1.54) is 11.0 Å². The van der Waals surface area contributed by atoms with Gasteiger partial charge in [-0.15, -0.1) is 0 Å². The number of anilines is 1. The van der Waals surface area contributed by atoms with Crippen molar-refractivity contribution in [1.29, 1.82) is 0 Å². The summed E-state index contributed by atoms with van der Waals surface area (Å²) in [7, 11) is 0. The lowest BCUT2D eigenvalue weighted by molar-refractivity contribution is -0.121. The van der Waals surface area contributed by atoms with Gasteiger partial charge in [0.25, 0.3) is 11.8 Å². The average molecular weight is 432 g/mol. The van der Waals surface area contributed by atoms with Crippen LogP contribution >= 0.6 is 0 Å². The lowest BCUT2D eigenvalue weighted by atomic mass is 9.94. The molecular formula is C24H21FN4O3. The van der Waals surface area contributed by atoms with Crippen molar-refractivity contribution in [3.63, 3.8) is 0 Å². The lowest BCUT2D eigenvalue weighted by Crippen LogP contribution is -2.39. The van der Waals surface area contributed by atoms with Crippen LogP contribution in [-0.4, -0.2) is 35.2 Å². The van der Waals surface area contributed by atoms with Gasteiger partial charge in [-0.2, -0.15) is 10.2 Å². The number of carbonyl (C=O) groups is 2. The summed E-state index contributed by atoms with van der Waals surface area (Å²) in [6.45, 7) is 4.33. The van der Waals surface area contributed by atoms with Gasteiger partial charge in [0.1, 0.15) is 0 Å². The summed E-state index contributed by atoms with van der Waals surface area (Å²) in [6, 6.07) is 8.64. The Balaban J connectivity index is 1.59. The Hall–Kier alpha value is -3.81. The first-order chi connectivity index (χ1) is 15.4. The minimum Gasteiger partial charge on any atom is -0.478 e. The Bertz CT molecular complexity index is 1250. The molecule has 2 aliphatic rings. The third-order valence-electron chi connectivity index (χ3n) is 6.01. The number of aromatic nitrogens is 2. The minimum absolute atomic E-state index is 0.0429. The van der Waals surface area contributed by atoms with Gasteiger partial charge in [-0.05, 0) is 66.3 Å². The maximum atomic E-state index is 15.1. The third kappa shape index (κ3) is 3.37. The van der Waals surface area contributed by atoms with Gasteiger partial charge in [-0.3, -0.25) is 9.59 Å². The predicted octanol–water partition coefficient (Wildman–Crippen LogP) is 3.11. The maximum Gasteiger partial charge on any atom is 0.265 e.